The highest BCUT2D eigenvalue weighted by molar-refractivity contribution is 4.95. The predicted octanol–water partition coefficient (Wildman–Crippen LogP) is 2.30. The van der Waals surface area contributed by atoms with Crippen LogP contribution in [0.4, 0.5) is 0 Å². The summed E-state index contributed by atoms with van der Waals surface area (Å²) in [5.74, 6) is 0. The number of nitrogens with one attached hydrogen (secondary N) is 2. The topological polar surface area (TPSA) is 92.0 Å². The monoisotopic (exact) mass is 244 g/mol. The highest BCUT2D eigenvalue weighted by atomic mass is 16.5. The van der Waals surface area contributed by atoms with E-state index in [0.717, 1.165) is 0 Å². The third kappa shape index (κ3) is 8.98. The Morgan fingerprint density at radius 3 is 1.71 bits per heavy atom. The molecule has 0 amide bonds. The predicted molar refractivity (Wildman–Crippen MR) is 66.1 cm³/mol. The number of aryl methyl sites for hydroxylation is 1. The maximum absolute atomic E-state index is 10.3. The summed E-state index contributed by atoms with van der Waals surface area (Å²) in [5, 5.41) is 4.21. The van der Waals surface area contributed by atoms with E-state index < -0.39 is 0 Å². The van der Waals surface area contributed by atoms with E-state index in [-0.39, 0.29) is 11.1 Å². The van der Waals surface area contributed by atoms with Gasteiger partial charge in [-0.25, -0.2) is 0 Å². The number of hydrogen-bond donors (Lipinski definition) is 2. The van der Waals surface area contributed by atoms with Crippen molar-refractivity contribution in [3.8, 4) is 0 Å². The van der Waals surface area contributed by atoms with Crippen LogP contribution in [0, 0.1) is 6.92 Å². The van der Waals surface area contributed by atoms with Gasteiger partial charge in [-0.1, -0.05) is 27.7 Å². The van der Waals surface area contributed by atoms with Gasteiger partial charge in [-0.05, 0) is 6.92 Å². The van der Waals surface area contributed by atoms with Crippen LogP contribution in [0.2, 0.25) is 0 Å². The lowest BCUT2D eigenvalue weighted by Gasteiger charge is -1.60. The van der Waals surface area contributed by atoms with Crippen molar-refractivity contribution in [3.05, 3.63) is 44.9 Å². The molecule has 0 bridgehead atoms. The Morgan fingerprint density at radius 2 is 1.59 bits per heavy atom. The smallest absolute Gasteiger partial charge is 0.282 e. The minimum atomic E-state index is -0.199. The van der Waals surface area contributed by atoms with Crippen LogP contribution >= 0.6 is 0 Å². The molecular formula is C11H20N2O4. The molecule has 6 heteroatoms. The molecule has 2 N–H and O–H groups in total. The van der Waals surface area contributed by atoms with Gasteiger partial charge in [-0.2, -0.15) is 10.3 Å². The molecule has 6 nitrogen and oxygen atoms in total. The fourth-order valence-corrected chi connectivity index (χ4v) is 0.527. The summed E-state index contributed by atoms with van der Waals surface area (Å²) in [6, 6.07) is 1.31. The number of aromatic amines is 2. The van der Waals surface area contributed by atoms with E-state index in [0.29, 0.717) is 5.56 Å². The fourth-order valence-electron chi connectivity index (χ4n) is 0.527. The zero-order chi connectivity index (χ0) is 13.7. The lowest BCUT2D eigenvalue weighted by Crippen LogP contribution is -1.98. The summed E-state index contributed by atoms with van der Waals surface area (Å²) < 4.78 is 8.68. The van der Waals surface area contributed by atoms with Crippen molar-refractivity contribution in [2.24, 2.45) is 0 Å². The first kappa shape index (κ1) is 17.4. The van der Waals surface area contributed by atoms with Crippen LogP contribution in [0.25, 0.3) is 0 Å². The van der Waals surface area contributed by atoms with Gasteiger partial charge in [0, 0.05) is 6.07 Å². The molecule has 2 rings (SSSR count). The van der Waals surface area contributed by atoms with Crippen LogP contribution in [-0.4, -0.2) is 10.3 Å². The molecular weight excluding hydrogens is 224 g/mol. The van der Waals surface area contributed by atoms with Gasteiger partial charge in [0.2, 0.25) is 0 Å². The van der Waals surface area contributed by atoms with Gasteiger partial charge in [0.15, 0.2) is 0 Å². The lowest BCUT2D eigenvalue weighted by molar-refractivity contribution is 0.413. The van der Waals surface area contributed by atoms with E-state index in [9.17, 15) is 9.59 Å². The van der Waals surface area contributed by atoms with Gasteiger partial charge >= 0.3 is 0 Å². The van der Waals surface area contributed by atoms with Crippen LogP contribution in [0.1, 0.15) is 33.3 Å². The second kappa shape index (κ2) is 12.1. The SMILES string of the molecule is CC.CC.Cc1co[nH]c1=O.O=c1cco[nH]1. The molecule has 0 spiro atoms. The summed E-state index contributed by atoms with van der Waals surface area (Å²) in [4.78, 5) is 20.2. The number of rotatable bonds is 0. The highest BCUT2D eigenvalue weighted by Crippen LogP contribution is 1.80. The van der Waals surface area contributed by atoms with Crippen molar-refractivity contribution >= 4 is 0 Å². The number of hydrogen-bond acceptors (Lipinski definition) is 4. The Balaban J connectivity index is 0. The average Bonchev–Trinajstić information content (AvgIpc) is 2.98. The fraction of sp³-hybridized carbons (Fsp3) is 0.455. The summed E-state index contributed by atoms with van der Waals surface area (Å²) in [6.07, 6.45) is 2.67. The van der Waals surface area contributed by atoms with Crippen LogP contribution in [0.5, 0.6) is 0 Å². The van der Waals surface area contributed by atoms with Gasteiger partial charge in [-0.15, -0.1) is 0 Å². The first-order valence-corrected chi connectivity index (χ1v) is 5.45. The molecule has 0 aliphatic heterocycles. The van der Waals surface area contributed by atoms with Crippen molar-refractivity contribution in [2.75, 3.05) is 0 Å². The second-order valence-corrected chi connectivity index (χ2v) is 2.24. The molecule has 2 aromatic heterocycles. The molecule has 0 radical (unpaired) electrons. The van der Waals surface area contributed by atoms with E-state index >= 15 is 0 Å². The zero-order valence-corrected chi connectivity index (χ0v) is 10.9. The first-order chi connectivity index (χ1) is 8.20. The third-order valence-corrected chi connectivity index (χ3v) is 1.19. The van der Waals surface area contributed by atoms with Crippen molar-refractivity contribution < 1.29 is 9.05 Å². The summed E-state index contributed by atoms with van der Waals surface area (Å²) >= 11 is 0. The quantitative estimate of drug-likeness (QED) is 0.743. The molecule has 2 aromatic rings. The molecule has 0 saturated carbocycles. The molecule has 0 aliphatic carbocycles. The molecule has 2 heterocycles. The summed E-state index contributed by atoms with van der Waals surface area (Å²) in [5.41, 5.74) is 0.259. The molecule has 0 fully saturated rings. The molecule has 0 unspecified atom stereocenters. The van der Waals surface area contributed by atoms with Crippen LogP contribution in [0.15, 0.2) is 37.2 Å². The van der Waals surface area contributed by atoms with Gasteiger partial charge in [0.05, 0.1) is 5.56 Å². The molecule has 0 aliphatic rings. The normalized spacial score (nSPS) is 7.59. The Labute approximate surface area is 99.6 Å². The standard InChI is InChI=1S/C4H5NO2.C3H3NO2.2C2H6/c1-3-2-7-5-4(3)6;5-3-1-2-6-4-3;2*1-2/h2H,1H3,(H,5,6);1-2H,(H,4,5);2*1-2H3. The largest absolute Gasteiger partial charge is 0.387 e. The van der Waals surface area contributed by atoms with E-state index in [1.54, 1.807) is 6.92 Å². The first-order valence-electron chi connectivity index (χ1n) is 5.45. The molecule has 0 aromatic carbocycles. The van der Waals surface area contributed by atoms with E-state index in [1.807, 2.05) is 27.7 Å². The molecule has 0 atom stereocenters. The maximum atomic E-state index is 10.3. The van der Waals surface area contributed by atoms with Crippen molar-refractivity contribution in [1.82, 2.24) is 10.3 Å². The molecule has 17 heavy (non-hydrogen) atoms. The lowest BCUT2D eigenvalue weighted by atomic mass is 10.4. The van der Waals surface area contributed by atoms with Crippen molar-refractivity contribution in [2.45, 2.75) is 34.6 Å². The minimum absolute atomic E-state index is 0.153. The van der Waals surface area contributed by atoms with Crippen LogP contribution in [0.3, 0.4) is 0 Å². The van der Waals surface area contributed by atoms with E-state index in [4.69, 9.17) is 0 Å². The van der Waals surface area contributed by atoms with Gasteiger partial charge < -0.3 is 9.05 Å². The number of H-pyrrole nitrogens is 2. The van der Waals surface area contributed by atoms with E-state index in [2.05, 4.69) is 19.4 Å². The average molecular weight is 244 g/mol. The van der Waals surface area contributed by atoms with Gasteiger partial charge in [-0.3, -0.25) is 9.59 Å². The Bertz CT molecular complexity index is 433. The molecule has 0 saturated heterocycles. The Kier molecular flexibility index (Phi) is 12.4. The third-order valence-electron chi connectivity index (χ3n) is 1.19. The van der Waals surface area contributed by atoms with Crippen molar-refractivity contribution in [3.63, 3.8) is 0 Å². The van der Waals surface area contributed by atoms with Gasteiger partial charge in [0.1, 0.15) is 12.5 Å². The van der Waals surface area contributed by atoms with E-state index in [1.165, 1.54) is 18.6 Å². The second-order valence-electron chi connectivity index (χ2n) is 2.24. The molecule has 98 valence electrons. The Morgan fingerprint density at radius 1 is 1.00 bits per heavy atom. The zero-order valence-electron chi connectivity index (χ0n) is 10.9. The van der Waals surface area contributed by atoms with Crippen LogP contribution < -0.4 is 11.1 Å². The van der Waals surface area contributed by atoms with Crippen molar-refractivity contribution in [1.29, 1.82) is 0 Å². The summed E-state index contributed by atoms with van der Waals surface area (Å²) in [6.45, 7) is 9.68. The maximum Gasteiger partial charge on any atom is 0.282 e. The highest BCUT2D eigenvalue weighted by Gasteiger charge is 1.88. The number of aromatic nitrogens is 2. The summed E-state index contributed by atoms with van der Waals surface area (Å²) in [7, 11) is 0. The Hall–Kier alpha value is -1.98. The van der Waals surface area contributed by atoms with Crippen LogP contribution in [-0.2, 0) is 0 Å². The minimum Gasteiger partial charge on any atom is -0.387 e. The van der Waals surface area contributed by atoms with Gasteiger partial charge in [0.25, 0.3) is 11.1 Å².